The smallest absolute Gasteiger partial charge is 0.238 e. The Hall–Kier alpha value is -7.31. The van der Waals surface area contributed by atoms with Crippen molar-refractivity contribution in [2.24, 2.45) is 0 Å². The van der Waals surface area contributed by atoms with E-state index in [-0.39, 0.29) is 0 Å². The van der Waals surface area contributed by atoms with E-state index in [1.165, 1.54) is 0 Å². The molecule has 0 unspecified atom stereocenters. The average molecular weight is 679 g/mol. The Morgan fingerprint density at radius 1 is 0.377 bits per heavy atom. The molecule has 11 rings (SSSR count). The minimum absolute atomic E-state index is 0.578. The molecule has 0 aliphatic carbocycles. The fourth-order valence-corrected chi connectivity index (χ4v) is 8.02. The van der Waals surface area contributed by atoms with E-state index in [4.69, 9.17) is 15.0 Å². The van der Waals surface area contributed by atoms with Gasteiger partial charge in [-0.2, -0.15) is 9.97 Å². The van der Waals surface area contributed by atoms with Gasteiger partial charge in [0.2, 0.25) is 5.95 Å². The van der Waals surface area contributed by atoms with E-state index in [9.17, 15) is 0 Å². The number of fused-ring (bicyclic) bond motifs is 11. The van der Waals surface area contributed by atoms with Crippen molar-refractivity contribution in [2.75, 3.05) is 4.90 Å². The molecule has 0 spiro atoms. The van der Waals surface area contributed by atoms with E-state index in [1.807, 2.05) is 36.4 Å². The Balaban J connectivity index is 1.25. The molecule has 10 aromatic rings. The van der Waals surface area contributed by atoms with Crippen LogP contribution in [0.25, 0.3) is 78.4 Å². The average Bonchev–Trinajstić information content (AvgIpc) is 3.75. The van der Waals surface area contributed by atoms with Gasteiger partial charge in [-0.3, -0.25) is 4.57 Å². The van der Waals surface area contributed by atoms with Gasteiger partial charge in [0.15, 0.2) is 11.6 Å². The topological polar surface area (TPSA) is 51.8 Å². The van der Waals surface area contributed by atoms with Crippen LogP contribution in [0.3, 0.4) is 0 Å². The molecule has 1 aliphatic heterocycles. The summed E-state index contributed by atoms with van der Waals surface area (Å²) in [5, 5.41) is 3.41. The molecule has 6 heteroatoms. The minimum atomic E-state index is 0.578. The maximum absolute atomic E-state index is 5.22. The number of para-hydroxylation sites is 5. The third-order valence-electron chi connectivity index (χ3n) is 10.3. The third-order valence-corrected chi connectivity index (χ3v) is 10.3. The molecule has 0 amide bonds. The molecule has 53 heavy (non-hydrogen) atoms. The summed E-state index contributed by atoms with van der Waals surface area (Å²) in [5.41, 5.74) is 11.8. The van der Waals surface area contributed by atoms with Crippen LogP contribution in [0.15, 0.2) is 182 Å². The van der Waals surface area contributed by atoms with Crippen LogP contribution >= 0.6 is 0 Å². The standard InChI is InChI=1S/C47H30N6/c1-4-16-31(17-5-1)45-48-46(32-18-6-2-7-19-32)50-47(49-45)53-38-24-12-10-22-34(38)35-28-29-40-37(44(35)53)30-43-36-23-11-13-25-39(36)51(33-20-8-3-9-21-33)41-26-14-15-27-42(41)52(40)43/h1-30H. The Morgan fingerprint density at radius 2 is 0.943 bits per heavy atom. The van der Waals surface area contributed by atoms with E-state index in [1.54, 1.807) is 0 Å². The Labute approximate surface area is 305 Å². The number of nitrogens with zero attached hydrogens (tertiary/aromatic N) is 6. The molecule has 1 aliphatic rings. The number of rotatable bonds is 4. The first-order chi connectivity index (χ1) is 26.3. The highest BCUT2D eigenvalue weighted by Crippen LogP contribution is 2.50. The molecule has 3 aromatic heterocycles. The molecule has 0 fully saturated rings. The molecule has 7 aromatic carbocycles. The Bertz CT molecular complexity index is 2940. The van der Waals surface area contributed by atoms with E-state index >= 15 is 0 Å². The molecule has 0 saturated heterocycles. The summed E-state index contributed by atoms with van der Waals surface area (Å²) in [7, 11) is 0. The van der Waals surface area contributed by atoms with Crippen molar-refractivity contribution in [3.8, 4) is 45.7 Å². The summed E-state index contributed by atoms with van der Waals surface area (Å²) in [6.45, 7) is 0. The van der Waals surface area contributed by atoms with Crippen LogP contribution < -0.4 is 4.90 Å². The first-order valence-corrected chi connectivity index (χ1v) is 17.8. The van der Waals surface area contributed by atoms with Gasteiger partial charge in [-0.1, -0.05) is 133 Å². The van der Waals surface area contributed by atoms with Gasteiger partial charge < -0.3 is 9.47 Å². The molecule has 0 bridgehead atoms. The largest absolute Gasteiger partial charge is 0.308 e. The number of anilines is 3. The van der Waals surface area contributed by atoms with Gasteiger partial charge in [0, 0.05) is 38.5 Å². The molecule has 0 N–H and O–H groups in total. The van der Waals surface area contributed by atoms with Crippen molar-refractivity contribution in [2.45, 2.75) is 0 Å². The van der Waals surface area contributed by atoms with Crippen LogP contribution in [0.2, 0.25) is 0 Å². The van der Waals surface area contributed by atoms with Crippen molar-refractivity contribution in [3.63, 3.8) is 0 Å². The zero-order chi connectivity index (χ0) is 34.9. The van der Waals surface area contributed by atoms with Gasteiger partial charge in [0.1, 0.15) is 0 Å². The highest BCUT2D eigenvalue weighted by atomic mass is 15.2. The van der Waals surface area contributed by atoms with Crippen molar-refractivity contribution in [1.29, 1.82) is 0 Å². The van der Waals surface area contributed by atoms with E-state index in [2.05, 4.69) is 160 Å². The van der Waals surface area contributed by atoms with Crippen LogP contribution in [0.4, 0.5) is 17.1 Å². The second kappa shape index (κ2) is 11.6. The van der Waals surface area contributed by atoms with Gasteiger partial charge in [0.25, 0.3) is 0 Å². The summed E-state index contributed by atoms with van der Waals surface area (Å²) in [5.74, 6) is 1.84. The van der Waals surface area contributed by atoms with E-state index in [0.29, 0.717) is 17.6 Å². The minimum Gasteiger partial charge on any atom is -0.308 e. The van der Waals surface area contributed by atoms with Crippen molar-refractivity contribution in [1.82, 2.24) is 24.1 Å². The lowest BCUT2D eigenvalue weighted by Gasteiger charge is -2.26. The summed E-state index contributed by atoms with van der Waals surface area (Å²) in [6, 6.07) is 63.8. The van der Waals surface area contributed by atoms with Crippen LogP contribution in [-0.4, -0.2) is 24.1 Å². The fourth-order valence-electron chi connectivity index (χ4n) is 8.02. The summed E-state index contributed by atoms with van der Waals surface area (Å²) < 4.78 is 4.66. The molecule has 248 valence electrons. The summed E-state index contributed by atoms with van der Waals surface area (Å²) in [6.07, 6.45) is 0. The highest BCUT2D eigenvalue weighted by molar-refractivity contribution is 6.19. The second-order valence-electron chi connectivity index (χ2n) is 13.3. The van der Waals surface area contributed by atoms with Gasteiger partial charge in [-0.05, 0) is 48.5 Å². The first-order valence-electron chi connectivity index (χ1n) is 17.8. The zero-order valence-electron chi connectivity index (χ0n) is 28.5. The molecule has 6 nitrogen and oxygen atoms in total. The zero-order valence-corrected chi connectivity index (χ0v) is 28.5. The molecular formula is C47H30N6. The first kappa shape index (κ1) is 29.4. The quantitative estimate of drug-likeness (QED) is 0.186. The number of aromatic nitrogens is 5. The molecule has 0 atom stereocenters. The molecule has 0 saturated carbocycles. The van der Waals surface area contributed by atoms with Crippen LogP contribution in [0.5, 0.6) is 0 Å². The third kappa shape index (κ3) is 4.49. The predicted molar refractivity (Wildman–Crippen MR) is 216 cm³/mol. The van der Waals surface area contributed by atoms with Crippen molar-refractivity contribution in [3.05, 3.63) is 182 Å². The van der Waals surface area contributed by atoms with Gasteiger partial charge in [-0.15, -0.1) is 0 Å². The lowest BCUT2D eigenvalue weighted by atomic mass is 10.1. The number of hydrogen-bond donors (Lipinski definition) is 0. The van der Waals surface area contributed by atoms with Gasteiger partial charge in [-0.25, -0.2) is 4.98 Å². The predicted octanol–water partition coefficient (Wildman–Crippen LogP) is 11.7. The SMILES string of the molecule is c1ccc(-c2nc(-c3ccccc3)nc(-n3c4ccccc4c4ccc5c(cc6n5-c5ccccc5N(c5ccccc5)c5ccccc5-6)c43)n2)cc1. The normalized spacial score (nSPS) is 12.1. The Kier molecular flexibility index (Phi) is 6.45. The van der Waals surface area contributed by atoms with E-state index in [0.717, 1.165) is 77.8 Å². The lowest BCUT2D eigenvalue weighted by molar-refractivity contribution is 0.955. The summed E-state index contributed by atoms with van der Waals surface area (Å²) in [4.78, 5) is 17.8. The van der Waals surface area contributed by atoms with Crippen LogP contribution in [-0.2, 0) is 0 Å². The van der Waals surface area contributed by atoms with Gasteiger partial charge in [0.05, 0.1) is 39.3 Å². The Morgan fingerprint density at radius 3 is 1.66 bits per heavy atom. The number of benzene rings is 7. The fraction of sp³-hybridized carbons (Fsp3) is 0. The van der Waals surface area contributed by atoms with Gasteiger partial charge >= 0.3 is 0 Å². The number of hydrogen-bond acceptors (Lipinski definition) is 4. The van der Waals surface area contributed by atoms with Crippen molar-refractivity contribution >= 4 is 49.8 Å². The molecular weight excluding hydrogens is 649 g/mol. The molecule has 4 heterocycles. The van der Waals surface area contributed by atoms with Crippen molar-refractivity contribution < 1.29 is 0 Å². The van der Waals surface area contributed by atoms with E-state index < -0.39 is 0 Å². The maximum Gasteiger partial charge on any atom is 0.238 e. The van der Waals surface area contributed by atoms with Crippen LogP contribution in [0.1, 0.15) is 0 Å². The summed E-state index contributed by atoms with van der Waals surface area (Å²) >= 11 is 0. The van der Waals surface area contributed by atoms with Crippen LogP contribution in [0, 0.1) is 0 Å². The second-order valence-corrected chi connectivity index (χ2v) is 13.3. The highest BCUT2D eigenvalue weighted by Gasteiger charge is 2.29. The lowest BCUT2D eigenvalue weighted by Crippen LogP contribution is -2.11. The monoisotopic (exact) mass is 678 g/mol. The maximum atomic E-state index is 5.22. The molecule has 0 radical (unpaired) electrons.